The lowest BCUT2D eigenvalue weighted by Gasteiger charge is -1.86. The molecule has 0 fully saturated rings. The fraction of sp³-hybridized carbons (Fsp3) is 0. The second-order valence-electron chi connectivity index (χ2n) is 2.10. The molecule has 0 aliphatic heterocycles. The van der Waals surface area contributed by atoms with E-state index in [9.17, 15) is 19.2 Å². The minimum absolute atomic E-state index is 0.558. The first-order valence-electron chi connectivity index (χ1n) is 3.48. The van der Waals surface area contributed by atoms with Crippen molar-refractivity contribution in [3.05, 3.63) is 24.3 Å². The minimum atomic E-state index is -1.50. The van der Waals surface area contributed by atoms with Crippen molar-refractivity contribution < 1.29 is 39.6 Å². The molecule has 0 aromatic heterocycles. The molecule has 0 radical (unpaired) electrons. The summed E-state index contributed by atoms with van der Waals surface area (Å²) >= 11 is 0. The van der Waals surface area contributed by atoms with Gasteiger partial charge in [-0.05, 0) is 0 Å². The molecule has 0 atom stereocenters. The summed E-state index contributed by atoms with van der Waals surface area (Å²) in [6.07, 6.45) is 1.12. The fourth-order valence-corrected chi connectivity index (χ4v) is 0.234. The maximum atomic E-state index is 9.66. The van der Waals surface area contributed by atoms with E-state index in [4.69, 9.17) is 20.4 Å². The predicted molar refractivity (Wildman–Crippen MR) is 48.8 cm³/mol. The summed E-state index contributed by atoms with van der Waals surface area (Å²) in [6, 6.07) is 0. The maximum absolute atomic E-state index is 9.66. The summed E-state index contributed by atoms with van der Waals surface area (Å²) in [7, 11) is 0. The van der Waals surface area contributed by atoms with Gasteiger partial charge in [0.05, 0.1) is 0 Å². The van der Waals surface area contributed by atoms with E-state index in [2.05, 4.69) is 6.58 Å². The van der Waals surface area contributed by atoms with Crippen molar-refractivity contribution in [3.8, 4) is 0 Å². The van der Waals surface area contributed by atoms with Gasteiger partial charge in [0, 0.05) is 12.2 Å². The Morgan fingerprint density at radius 1 is 0.750 bits per heavy atom. The summed E-state index contributed by atoms with van der Waals surface area (Å²) in [5, 5.41) is 31.4. The van der Waals surface area contributed by atoms with Gasteiger partial charge in [0.15, 0.2) is 0 Å². The van der Waals surface area contributed by atoms with Gasteiger partial charge in [0.2, 0.25) is 0 Å². The summed E-state index contributed by atoms with van der Waals surface area (Å²) in [4.78, 5) is 38.4. The highest BCUT2D eigenvalue weighted by Gasteiger charge is 2.10. The van der Waals surface area contributed by atoms with Crippen molar-refractivity contribution >= 4 is 23.9 Å². The average Bonchev–Trinajstić information content (AvgIpc) is 2.14. The lowest BCUT2D eigenvalue weighted by atomic mass is 10.3. The van der Waals surface area contributed by atoms with E-state index in [1.807, 2.05) is 0 Å². The summed E-state index contributed by atoms with van der Waals surface area (Å²) in [6.45, 7) is 2.75. The monoisotopic (exact) mass is 232 g/mol. The van der Waals surface area contributed by atoms with Crippen molar-refractivity contribution in [1.82, 2.24) is 0 Å². The number of hydrogen-bond acceptors (Lipinski definition) is 4. The van der Waals surface area contributed by atoms with Crippen LogP contribution in [-0.4, -0.2) is 44.3 Å². The smallest absolute Gasteiger partial charge is 0.342 e. The van der Waals surface area contributed by atoms with E-state index in [0.29, 0.717) is 12.2 Å². The van der Waals surface area contributed by atoms with E-state index in [-0.39, 0.29) is 0 Å². The van der Waals surface area contributed by atoms with Crippen molar-refractivity contribution in [2.45, 2.75) is 0 Å². The molecule has 0 spiro atoms. The van der Waals surface area contributed by atoms with Crippen LogP contribution in [0, 0.1) is 0 Å². The Morgan fingerprint density at radius 2 is 1.00 bits per heavy atom. The Morgan fingerprint density at radius 3 is 1.06 bits per heavy atom. The normalized spacial score (nSPS) is 8.75. The molecule has 0 aliphatic carbocycles. The Bertz CT molecular complexity index is 319. The molecule has 0 heterocycles. The van der Waals surface area contributed by atoms with Crippen LogP contribution in [0.1, 0.15) is 0 Å². The van der Waals surface area contributed by atoms with Crippen molar-refractivity contribution in [2.24, 2.45) is 0 Å². The molecule has 0 aromatic carbocycles. The standard InChI is InChI=1S/2C4H4O4/c1-2(3(5)6)4(7)8;5-3(6)1-2-4(7)8/h1H2,(H,5,6)(H,7,8);1-2H,(H,5,6)(H,7,8). The molecule has 0 unspecified atom stereocenters. The van der Waals surface area contributed by atoms with Crippen LogP contribution in [0.3, 0.4) is 0 Å². The molecule has 0 amide bonds. The van der Waals surface area contributed by atoms with Gasteiger partial charge in [0.1, 0.15) is 5.57 Å². The quantitative estimate of drug-likeness (QED) is 0.285. The van der Waals surface area contributed by atoms with Crippen LogP contribution in [-0.2, 0) is 19.2 Å². The van der Waals surface area contributed by atoms with Crippen molar-refractivity contribution in [1.29, 1.82) is 0 Å². The Balaban J connectivity index is 0. The molecule has 0 aliphatic rings. The third kappa shape index (κ3) is 11.4. The third-order valence-corrected chi connectivity index (χ3v) is 0.885. The highest BCUT2D eigenvalue weighted by Crippen LogP contribution is 1.86. The number of hydrogen-bond donors (Lipinski definition) is 4. The summed E-state index contributed by atoms with van der Waals surface area (Å²) in [5.74, 6) is -5.52. The largest absolute Gasteiger partial charge is 0.478 e. The van der Waals surface area contributed by atoms with E-state index < -0.39 is 29.5 Å². The second-order valence-corrected chi connectivity index (χ2v) is 2.10. The number of carboxylic acids is 4. The van der Waals surface area contributed by atoms with E-state index in [1.165, 1.54) is 0 Å². The molecular formula is C8H8O8. The SMILES string of the molecule is C=C(C(=O)O)C(=O)O.O=C(O)C=CC(=O)O. The van der Waals surface area contributed by atoms with Gasteiger partial charge in [-0.3, -0.25) is 0 Å². The first-order valence-corrected chi connectivity index (χ1v) is 3.48. The zero-order valence-corrected chi connectivity index (χ0v) is 7.78. The molecule has 16 heavy (non-hydrogen) atoms. The Kier molecular flexibility index (Phi) is 7.65. The summed E-state index contributed by atoms with van der Waals surface area (Å²) in [5.41, 5.74) is -0.815. The molecule has 0 bridgehead atoms. The van der Waals surface area contributed by atoms with Crippen LogP contribution >= 0.6 is 0 Å². The zero-order chi connectivity index (χ0) is 13.3. The topological polar surface area (TPSA) is 149 Å². The minimum Gasteiger partial charge on any atom is -0.478 e. The number of aliphatic carboxylic acids is 4. The first kappa shape index (κ1) is 15.8. The highest BCUT2D eigenvalue weighted by molar-refractivity contribution is 6.11. The van der Waals surface area contributed by atoms with Gasteiger partial charge < -0.3 is 20.4 Å². The molecule has 88 valence electrons. The lowest BCUT2D eigenvalue weighted by molar-refractivity contribution is -0.140. The highest BCUT2D eigenvalue weighted by atomic mass is 16.4. The van der Waals surface area contributed by atoms with Gasteiger partial charge in [-0.1, -0.05) is 6.58 Å². The van der Waals surface area contributed by atoms with Gasteiger partial charge in [-0.15, -0.1) is 0 Å². The zero-order valence-electron chi connectivity index (χ0n) is 7.78. The van der Waals surface area contributed by atoms with Gasteiger partial charge in [0.25, 0.3) is 0 Å². The van der Waals surface area contributed by atoms with Gasteiger partial charge in [-0.25, -0.2) is 19.2 Å². The molecule has 0 rings (SSSR count). The van der Waals surface area contributed by atoms with Crippen LogP contribution in [0.5, 0.6) is 0 Å². The molecule has 0 saturated heterocycles. The molecule has 8 heteroatoms. The average molecular weight is 232 g/mol. The number of carboxylic acid groups (broad SMARTS) is 4. The van der Waals surface area contributed by atoms with Gasteiger partial charge in [-0.2, -0.15) is 0 Å². The molecule has 4 N–H and O–H groups in total. The fourth-order valence-electron chi connectivity index (χ4n) is 0.234. The molecule has 8 nitrogen and oxygen atoms in total. The van der Waals surface area contributed by atoms with Crippen LogP contribution < -0.4 is 0 Å². The van der Waals surface area contributed by atoms with Crippen molar-refractivity contribution in [3.63, 3.8) is 0 Å². The van der Waals surface area contributed by atoms with Crippen LogP contribution in [0.15, 0.2) is 24.3 Å². The van der Waals surface area contributed by atoms with Crippen molar-refractivity contribution in [2.75, 3.05) is 0 Å². The number of rotatable bonds is 4. The van der Waals surface area contributed by atoms with E-state index >= 15 is 0 Å². The Labute approximate surface area is 88.7 Å². The predicted octanol–water partition coefficient (Wildman–Crippen LogP) is -0.576. The first-order chi connectivity index (χ1) is 7.18. The van der Waals surface area contributed by atoms with E-state index in [0.717, 1.165) is 0 Å². The summed E-state index contributed by atoms with van der Waals surface area (Å²) < 4.78 is 0. The van der Waals surface area contributed by atoms with Crippen LogP contribution in [0.25, 0.3) is 0 Å². The van der Waals surface area contributed by atoms with Crippen LogP contribution in [0.2, 0.25) is 0 Å². The van der Waals surface area contributed by atoms with E-state index in [1.54, 1.807) is 0 Å². The number of carbonyl (C=O) groups is 4. The molecule has 0 saturated carbocycles. The maximum Gasteiger partial charge on any atom is 0.342 e. The lowest BCUT2D eigenvalue weighted by Crippen LogP contribution is -2.08. The van der Waals surface area contributed by atoms with Gasteiger partial charge >= 0.3 is 23.9 Å². The third-order valence-electron chi connectivity index (χ3n) is 0.885. The Hall–Kier alpha value is -2.64. The molecular weight excluding hydrogens is 224 g/mol. The molecule has 0 aromatic rings. The second kappa shape index (κ2) is 7.74. The van der Waals surface area contributed by atoms with Crippen LogP contribution in [0.4, 0.5) is 0 Å².